The lowest BCUT2D eigenvalue weighted by Crippen LogP contribution is -2.42. The molecule has 0 fully saturated rings. The van der Waals surface area contributed by atoms with Crippen molar-refractivity contribution in [2.75, 3.05) is 13.2 Å². The molecular formula is C18H24N4O4S. The third kappa shape index (κ3) is 5.00. The molecule has 0 saturated carbocycles. The molecule has 8 nitrogen and oxygen atoms in total. The number of imidazole rings is 1. The van der Waals surface area contributed by atoms with Crippen molar-refractivity contribution in [2.24, 2.45) is 0 Å². The van der Waals surface area contributed by atoms with Crippen molar-refractivity contribution >= 4 is 40.7 Å². The molecule has 0 bridgehead atoms. The molecule has 146 valence electrons. The predicted molar refractivity (Wildman–Crippen MR) is 104 cm³/mol. The Morgan fingerprint density at radius 3 is 2.63 bits per heavy atom. The van der Waals surface area contributed by atoms with Gasteiger partial charge < -0.3 is 14.6 Å². The zero-order valence-corrected chi connectivity index (χ0v) is 16.7. The molecular weight excluding hydrogens is 368 g/mol. The second-order valence-corrected chi connectivity index (χ2v) is 6.98. The van der Waals surface area contributed by atoms with Gasteiger partial charge in [-0.15, -0.1) is 0 Å². The first-order chi connectivity index (χ1) is 12.9. The second kappa shape index (κ2) is 9.40. The fourth-order valence-corrected chi connectivity index (χ4v) is 3.46. The average molecular weight is 392 g/mol. The maximum absolute atomic E-state index is 12.2. The van der Waals surface area contributed by atoms with Crippen LogP contribution >= 0.6 is 11.8 Å². The van der Waals surface area contributed by atoms with Crippen LogP contribution in [0.3, 0.4) is 0 Å². The largest absolute Gasteiger partial charge is 0.462 e. The summed E-state index contributed by atoms with van der Waals surface area (Å²) in [6.07, 6.45) is 0. The fourth-order valence-electron chi connectivity index (χ4n) is 2.47. The van der Waals surface area contributed by atoms with Crippen LogP contribution in [0.1, 0.15) is 38.1 Å². The number of thioether (sulfide) groups is 1. The van der Waals surface area contributed by atoms with Crippen LogP contribution in [0, 0.1) is 0 Å². The zero-order chi connectivity index (χ0) is 20.0. The quantitative estimate of drug-likeness (QED) is 0.555. The fraction of sp³-hybridized carbons (Fsp3) is 0.444. The molecule has 1 unspecified atom stereocenters. The number of nitrogens with zero attached hydrogens (tertiary/aromatic N) is 2. The van der Waals surface area contributed by atoms with Crippen molar-refractivity contribution in [3.05, 3.63) is 23.8 Å². The molecule has 1 aromatic heterocycles. The molecule has 0 aliphatic carbocycles. The van der Waals surface area contributed by atoms with Gasteiger partial charge in [0.05, 0.1) is 28.5 Å². The van der Waals surface area contributed by atoms with Crippen molar-refractivity contribution < 1.29 is 19.1 Å². The maximum Gasteiger partial charge on any atom is 0.338 e. The van der Waals surface area contributed by atoms with E-state index in [0.717, 1.165) is 5.52 Å². The Labute approximate surface area is 162 Å². The normalized spacial score (nSPS) is 11.9. The lowest BCUT2D eigenvalue weighted by molar-refractivity contribution is -0.119. The van der Waals surface area contributed by atoms with E-state index >= 15 is 0 Å². The summed E-state index contributed by atoms with van der Waals surface area (Å²) in [5.74, 6) is -0.790. The Morgan fingerprint density at radius 2 is 2.00 bits per heavy atom. The van der Waals surface area contributed by atoms with E-state index in [1.165, 1.54) is 11.8 Å². The standard InChI is InChI=1S/C18H24N4O4S/c1-5-19-17(25)21-15(23)11(4)27-18-20-13-10-12(16(24)26-7-3)8-9-14(13)22(18)6-2/h8-11H,5-7H2,1-4H3,(H2,19,21,23,25). The number of fused-ring (bicyclic) bond motifs is 1. The summed E-state index contributed by atoms with van der Waals surface area (Å²) in [4.78, 5) is 40.2. The van der Waals surface area contributed by atoms with Gasteiger partial charge in [-0.1, -0.05) is 11.8 Å². The second-order valence-electron chi connectivity index (χ2n) is 5.67. The molecule has 0 spiro atoms. The van der Waals surface area contributed by atoms with E-state index in [4.69, 9.17) is 4.74 Å². The molecule has 0 aliphatic rings. The number of hydrogen-bond acceptors (Lipinski definition) is 6. The Balaban J connectivity index is 2.23. The van der Waals surface area contributed by atoms with Gasteiger partial charge in [-0.05, 0) is 45.9 Å². The Morgan fingerprint density at radius 1 is 1.26 bits per heavy atom. The highest BCUT2D eigenvalue weighted by atomic mass is 32.2. The topological polar surface area (TPSA) is 102 Å². The van der Waals surface area contributed by atoms with Gasteiger partial charge in [-0.3, -0.25) is 10.1 Å². The summed E-state index contributed by atoms with van der Waals surface area (Å²) in [5.41, 5.74) is 1.95. The third-order valence-corrected chi connectivity index (χ3v) is 4.86. The minimum atomic E-state index is -0.516. The molecule has 9 heteroatoms. The summed E-state index contributed by atoms with van der Waals surface area (Å²) in [5, 5.41) is 4.95. The molecule has 1 aromatic carbocycles. The molecule has 27 heavy (non-hydrogen) atoms. The number of carbonyl (C=O) groups is 3. The van der Waals surface area contributed by atoms with Crippen LogP contribution < -0.4 is 10.6 Å². The van der Waals surface area contributed by atoms with Gasteiger partial charge in [-0.2, -0.15) is 0 Å². The van der Waals surface area contributed by atoms with E-state index in [1.807, 2.05) is 17.6 Å². The van der Waals surface area contributed by atoms with Crippen molar-refractivity contribution in [3.63, 3.8) is 0 Å². The zero-order valence-electron chi connectivity index (χ0n) is 15.9. The molecule has 1 heterocycles. The van der Waals surface area contributed by atoms with Gasteiger partial charge in [0.1, 0.15) is 0 Å². The number of imide groups is 1. The molecule has 1 atom stereocenters. The smallest absolute Gasteiger partial charge is 0.338 e. The van der Waals surface area contributed by atoms with Crippen LogP contribution in [-0.2, 0) is 16.1 Å². The third-order valence-electron chi connectivity index (χ3n) is 3.77. The highest BCUT2D eigenvalue weighted by Crippen LogP contribution is 2.28. The van der Waals surface area contributed by atoms with Gasteiger partial charge in [-0.25, -0.2) is 14.6 Å². The Kier molecular flexibility index (Phi) is 7.23. The summed E-state index contributed by atoms with van der Waals surface area (Å²) in [6.45, 7) is 8.62. The molecule has 0 radical (unpaired) electrons. The van der Waals surface area contributed by atoms with Gasteiger partial charge in [0.15, 0.2) is 5.16 Å². The van der Waals surface area contributed by atoms with E-state index in [-0.39, 0.29) is 0 Å². The van der Waals surface area contributed by atoms with Gasteiger partial charge in [0.25, 0.3) is 0 Å². The number of benzene rings is 1. The molecule has 0 saturated heterocycles. The van der Waals surface area contributed by atoms with E-state index in [0.29, 0.717) is 35.9 Å². The lowest BCUT2D eigenvalue weighted by atomic mass is 10.2. The first-order valence-corrected chi connectivity index (χ1v) is 9.71. The first kappa shape index (κ1) is 20.8. The molecule has 2 rings (SSSR count). The summed E-state index contributed by atoms with van der Waals surface area (Å²) >= 11 is 1.26. The minimum absolute atomic E-state index is 0.305. The van der Waals surface area contributed by atoms with Crippen LogP contribution in [0.2, 0.25) is 0 Å². The van der Waals surface area contributed by atoms with Crippen LogP contribution in [0.4, 0.5) is 4.79 Å². The van der Waals surface area contributed by atoms with Gasteiger partial charge in [0, 0.05) is 13.1 Å². The van der Waals surface area contributed by atoms with Crippen LogP contribution in [-0.4, -0.2) is 45.9 Å². The number of urea groups is 1. The predicted octanol–water partition coefficient (Wildman–Crippen LogP) is 2.56. The lowest BCUT2D eigenvalue weighted by Gasteiger charge is -2.12. The number of amides is 3. The molecule has 2 aromatic rings. The highest BCUT2D eigenvalue weighted by Gasteiger charge is 2.21. The summed E-state index contributed by atoms with van der Waals surface area (Å²) < 4.78 is 6.99. The van der Waals surface area contributed by atoms with Crippen molar-refractivity contribution in [2.45, 2.75) is 44.6 Å². The molecule has 2 N–H and O–H groups in total. The SMILES string of the molecule is CCNC(=O)NC(=O)C(C)Sc1nc2cc(C(=O)OCC)ccc2n1CC. The van der Waals surface area contributed by atoms with Crippen LogP contribution in [0.15, 0.2) is 23.4 Å². The highest BCUT2D eigenvalue weighted by molar-refractivity contribution is 8.00. The number of carbonyl (C=O) groups excluding carboxylic acids is 3. The number of rotatable bonds is 7. The monoisotopic (exact) mass is 392 g/mol. The van der Waals surface area contributed by atoms with Crippen LogP contribution in [0.5, 0.6) is 0 Å². The number of esters is 1. The number of aryl methyl sites for hydroxylation is 1. The van der Waals surface area contributed by atoms with Gasteiger partial charge in [0.2, 0.25) is 5.91 Å². The van der Waals surface area contributed by atoms with E-state index in [9.17, 15) is 14.4 Å². The minimum Gasteiger partial charge on any atom is -0.462 e. The van der Waals surface area contributed by atoms with Crippen LogP contribution in [0.25, 0.3) is 11.0 Å². The molecule has 0 aliphatic heterocycles. The van der Waals surface area contributed by atoms with E-state index in [2.05, 4.69) is 15.6 Å². The first-order valence-electron chi connectivity index (χ1n) is 8.83. The number of aromatic nitrogens is 2. The van der Waals surface area contributed by atoms with Gasteiger partial charge >= 0.3 is 12.0 Å². The Hall–Kier alpha value is -2.55. The number of hydrogen-bond donors (Lipinski definition) is 2. The average Bonchev–Trinajstić information content (AvgIpc) is 2.97. The number of nitrogens with one attached hydrogen (secondary N) is 2. The summed E-state index contributed by atoms with van der Waals surface area (Å²) in [7, 11) is 0. The van der Waals surface area contributed by atoms with E-state index in [1.54, 1.807) is 32.9 Å². The molecule has 3 amide bonds. The van der Waals surface area contributed by atoms with Crippen molar-refractivity contribution in [1.29, 1.82) is 0 Å². The van der Waals surface area contributed by atoms with Crippen molar-refractivity contribution in [1.82, 2.24) is 20.2 Å². The van der Waals surface area contributed by atoms with E-state index < -0.39 is 23.2 Å². The Bertz CT molecular complexity index is 849. The maximum atomic E-state index is 12.2. The number of ether oxygens (including phenoxy) is 1. The van der Waals surface area contributed by atoms with Crippen molar-refractivity contribution in [3.8, 4) is 0 Å². The summed E-state index contributed by atoms with van der Waals surface area (Å²) in [6, 6.07) is 4.69.